The molecule has 0 aliphatic heterocycles. The van der Waals surface area contributed by atoms with Gasteiger partial charge in [-0.3, -0.25) is 0 Å². The highest BCUT2D eigenvalue weighted by atomic mass is 16.3. The van der Waals surface area contributed by atoms with Crippen LogP contribution in [0.15, 0.2) is 259 Å². The van der Waals surface area contributed by atoms with Gasteiger partial charge in [0.25, 0.3) is 0 Å². The molecule has 0 atom stereocenters. The van der Waals surface area contributed by atoms with Crippen LogP contribution in [0.3, 0.4) is 0 Å². The number of fused-ring (bicyclic) bond motifs is 12. The van der Waals surface area contributed by atoms with Crippen LogP contribution < -0.4 is 0 Å². The van der Waals surface area contributed by atoms with Crippen LogP contribution in [0.1, 0.15) is 0 Å². The number of rotatable bonds is 7. The van der Waals surface area contributed by atoms with Crippen LogP contribution in [0, 0.1) is 0 Å². The first-order valence-electron chi connectivity index (χ1n) is 25.7. The van der Waals surface area contributed by atoms with E-state index < -0.39 is 0 Å². The first-order chi connectivity index (χ1) is 37.7. The molecule has 16 rings (SSSR count). The summed E-state index contributed by atoms with van der Waals surface area (Å²) in [7, 11) is 0. The van der Waals surface area contributed by atoms with Crippen molar-refractivity contribution in [2.24, 2.45) is 0 Å². The molecule has 354 valence electrons. The standard InChI is InChI=1S/C69H42N6O/c1-4-17-47(18-5-1)73-58-27-13-10-23-50(58)54-39-43(31-35-61(54)73)44-34-38-64-57(40-44)66-53(26-16-30-65(66)76-64)69-71-67(45-32-36-62-55(41-45)51-24-11-14-28-59(51)74(62)48-19-6-2-7-20-48)70-68(72-69)46-33-37-63-56(42-46)52-25-12-15-29-60(52)75(63)49-21-8-3-9-22-49/h1-42H. The molecule has 0 amide bonds. The zero-order valence-corrected chi connectivity index (χ0v) is 40.8. The van der Waals surface area contributed by atoms with E-state index in [1.807, 2.05) is 12.1 Å². The summed E-state index contributed by atoms with van der Waals surface area (Å²) >= 11 is 0. The smallest absolute Gasteiger partial charge is 0.164 e. The molecular formula is C69H42N6O. The molecule has 0 saturated carbocycles. The van der Waals surface area contributed by atoms with Crippen LogP contribution in [-0.4, -0.2) is 28.7 Å². The van der Waals surface area contributed by atoms with Crippen molar-refractivity contribution < 1.29 is 4.42 Å². The second kappa shape index (κ2) is 16.6. The summed E-state index contributed by atoms with van der Waals surface area (Å²) in [4.78, 5) is 16.3. The van der Waals surface area contributed by atoms with Crippen molar-refractivity contribution in [3.05, 3.63) is 255 Å². The highest BCUT2D eigenvalue weighted by molar-refractivity contribution is 6.15. The Kier molecular flexibility index (Phi) is 9.20. The van der Waals surface area contributed by atoms with E-state index in [4.69, 9.17) is 19.4 Å². The average molecular weight is 971 g/mol. The molecule has 0 aliphatic carbocycles. The zero-order valence-electron chi connectivity index (χ0n) is 40.8. The van der Waals surface area contributed by atoms with E-state index >= 15 is 0 Å². The van der Waals surface area contributed by atoms with Gasteiger partial charge in [0, 0.05) is 76.8 Å². The van der Waals surface area contributed by atoms with Crippen molar-refractivity contribution >= 4 is 87.4 Å². The zero-order chi connectivity index (χ0) is 49.8. The maximum atomic E-state index is 6.69. The molecule has 16 aromatic rings. The van der Waals surface area contributed by atoms with Crippen molar-refractivity contribution in [3.8, 4) is 62.4 Å². The molecule has 7 nitrogen and oxygen atoms in total. The van der Waals surface area contributed by atoms with Crippen molar-refractivity contribution in [1.29, 1.82) is 0 Å². The van der Waals surface area contributed by atoms with Crippen LogP contribution in [-0.2, 0) is 0 Å². The predicted molar refractivity (Wildman–Crippen MR) is 312 cm³/mol. The van der Waals surface area contributed by atoms with Gasteiger partial charge in [0.05, 0.1) is 33.1 Å². The number of nitrogens with zero attached hydrogens (tertiary/aromatic N) is 6. The molecular weight excluding hydrogens is 929 g/mol. The third kappa shape index (κ3) is 6.46. The largest absolute Gasteiger partial charge is 0.456 e. The fourth-order valence-corrected chi connectivity index (χ4v) is 11.9. The van der Waals surface area contributed by atoms with Gasteiger partial charge >= 0.3 is 0 Å². The molecule has 0 saturated heterocycles. The van der Waals surface area contributed by atoms with Crippen LogP contribution >= 0.6 is 0 Å². The Morgan fingerprint density at radius 1 is 0.250 bits per heavy atom. The highest BCUT2D eigenvalue weighted by Gasteiger charge is 2.22. The summed E-state index contributed by atoms with van der Waals surface area (Å²) in [5.41, 5.74) is 16.6. The lowest BCUT2D eigenvalue weighted by atomic mass is 9.99. The monoisotopic (exact) mass is 970 g/mol. The van der Waals surface area contributed by atoms with Gasteiger partial charge in [-0.2, -0.15) is 0 Å². The van der Waals surface area contributed by atoms with Crippen LogP contribution in [0.4, 0.5) is 0 Å². The van der Waals surface area contributed by atoms with Gasteiger partial charge < -0.3 is 18.1 Å². The van der Waals surface area contributed by atoms with E-state index in [0.717, 1.165) is 116 Å². The van der Waals surface area contributed by atoms with Crippen LogP contribution in [0.2, 0.25) is 0 Å². The molecule has 11 aromatic carbocycles. The number of para-hydroxylation sites is 6. The van der Waals surface area contributed by atoms with Crippen molar-refractivity contribution in [1.82, 2.24) is 28.7 Å². The Morgan fingerprint density at radius 2 is 0.618 bits per heavy atom. The Labute approximate surface area is 435 Å². The van der Waals surface area contributed by atoms with Gasteiger partial charge in [-0.15, -0.1) is 0 Å². The van der Waals surface area contributed by atoms with Gasteiger partial charge in [0.2, 0.25) is 0 Å². The maximum absolute atomic E-state index is 6.69. The van der Waals surface area contributed by atoms with Gasteiger partial charge in [-0.05, 0) is 132 Å². The minimum Gasteiger partial charge on any atom is -0.456 e. The average Bonchev–Trinajstić information content (AvgIpc) is 4.29. The lowest BCUT2D eigenvalue weighted by Gasteiger charge is -2.11. The number of hydrogen-bond donors (Lipinski definition) is 0. The predicted octanol–water partition coefficient (Wildman–Crippen LogP) is 17.7. The van der Waals surface area contributed by atoms with E-state index in [2.05, 4.69) is 256 Å². The molecule has 0 fully saturated rings. The van der Waals surface area contributed by atoms with Crippen molar-refractivity contribution in [2.45, 2.75) is 0 Å². The molecule has 5 aromatic heterocycles. The van der Waals surface area contributed by atoms with E-state index in [-0.39, 0.29) is 0 Å². The first-order valence-corrected chi connectivity index (χ1v) is 25.7. The van der Waals surface area contributed by atoms with Gasteiger partial charge in [-0.25, -0.2) is 15.0 Å². The van der Waals surface area contributed by atoms with Crippen molar-refractivity contribution in [3.63, 3.8) is 0 Å². The SMILES string of the molecule is c1ccc(-n2c3ccccc3c3cc(-c4ccc5oc6cccc(-c7nc(-c8ccc9c(c8)c8ccccc8n9-c8ccccc8)nc(-c8ccc9c(c8)c8ccccc8n9-c8ccccc8)n7)c6c5c4)ccc32)cc1. The lowest BCUT2D eigenvalue weighted by Crippen LogP contribution is -2.01. The number of aromatic nitrogens is 6. The molecule has 0 unspecified atom stereocenters. The summed E-state index contributed by atoms with van der Waals surface area (Å²) in [6.45, 7) is 0. The van der Waals surface area contributed by atoms with Crippen LogP contribution in [0.25, 0.3) is 150 Å². The van der Waals surface area contributed by atoms with Gasteiger partial charge in [-0.1, -0.05) is 133 Å². The third-order valence-corrected chi connectivity index (χ3v) is 15.3. The Morgan fingerprint density at radius 3 is 1.09 bits per heavy atom. The van der Waals surface area contributed by atoms with Crippen molar-refractivity contribution in [2.75, 3.05) is 0 Å². The van der Waals surface area contributed by atoms with E-state index in [9.17, 15) is 0 Å². The summed E-state index contributed by atoms with van der Waals surface area (Å²) in [6.07, 6.45) is 0. The summed E-state index contributed by atoms with van der Waals surface area (Å²) in [5.74, 6) is 1.73. The topological polar surface area (TPSA) is 66.6 Å². The minimum absolute atomic E-state index is 0.562. The summed E-state index contributed by atoms with van der Waals surface area (Å²) in [6, 6.07) is 90.3. The molecule has 0 N–H and O–H groups in total. The molecule has 76 heavy (non-hydrogen) atoms. The second-order valence-corrected chi connectivity index (χ2v) is 19.6. The lowest BCUT2D eigenvalue weighted by molar-refractivity contribution is 0.669. The molecule has 5 heterocycles. The van der Waals surface area contributed by atoms with Gasteiger partial charge in [0.15, 0.2) is 17.5 Å². The van der Waals surface area contributed by atoms with Crippen LogP contribution in [0.5, 0.6) is 0 Å². The first kappa shape index (κ1) is 42.2. The fourth-order valence-electron chi connectivity index (χ4n) is 11.9. The minimum atomic E-state index is 0.562. The number of hydrogen-bond acceptors (Lipinski definition) is 4. The fraction of sp³-hybridized carbons (Fsp3) is 0. The molecule has 0 bridgehead atoms. The number of furan rings is 1. The van der Waals surface area contributed by atoms with E-state index in [0.29, 0.717) is 17.5 Å². The Hall–Kier alpha value is -10.4. The summed E-state index contributed by atoms with van der Waals surface area (Å²) in [5, 5.41) is 8.90. The molecule has 0 aliphatic rings. The Balaban J connectivity index is 0.901. The quantitative estimate of drug-likeness (QED) is 0.160. The second-order valence-electron chi connectivity index (χ2n) is 19.6. The Bertz CT molecular complexity index is 4810. The molecule has 0 spiro atoms. The van der Waals surface area contributed by atoms with Gasteiger partial charge in [0.1, 0.15) is 11.2 Å². The van der Waals surface area contributed by atoms with E-state index in [1.54, 1.807) is 0 Å². The third-order valence-electron chi connectivity index (χ3n) is 15.3. The normalized spacial score (nSPS) is 11.9. The molecule has 0 radical (unpaired) electrons. The highest BCUT2D eigenvalue weighted by Crippen LogP contribution is 2.42. The number of benzene rings is 11. The van der Waals surface area contributed by atoms with E-state index in [1.165, 1.54) is 16.3 Å². The summed E-state index contributed by atoms with van der Waals surface area (Å²) < 4.78 is 13.7. The maximum Gasteiger partial charge on any atom is 0.164 e. The molecule has 7 heteroatoms.